The molecule has 1 aromatic carbocycles. The summed E-state index contributed by atoms with van der Waals surface area (Å²) >= 11 is 1.88. The van der Waals surface area contributed by atoms with Crippen molar-refractivity contribution in [2.75, 3.05) is 49.5 Å². The first-order valence-electron chi connectivity index (χ1n) is 9.42. The average molecular weight is 377 g/mol. The molecule has 0 saturated carbocycles. The minimum Gasteiger partial charge on any atom is -0.351 e. The number of benzene rings is 1. The zero-order valence-corrected chi connectivity index (χ0v) is 15.9. The van der Waals surface area contributed by atoms with Crippen molar-refractivity contribution in [3.05, 3.63) is 29.8 Å². The smallest absolute Gasteiger partial charge is 0.251 e. The number of anilines is 1. The van der Waals surface area contributed by atoms with Gasteiger partial charge < -0.3 is 20.9 Å². The third-order valence-corrected chi connectivity index (χ3v) is 5.90. The number of rotatable bonds is 7. The Kier molecular flexibility index (Phi) is 7.34. The molecular formula is C19H28N4O2S. The van der Waals surface area contributed by atoms with E-state index in [2.05, 4.69) is 20.9 Å². The average Bonchev–Trinajstić information content (AvgIpc) is 3.16. The van der Waals surface area contributed by atoms with Crippen LogP contribution in [0.2, 0.25) is 0 Å². The third kappa shape index (κ3) is 6.00. The van der Waals surface area contributed by atoms with E-state index in [0.29, 0.717) is 18.5 Å². The SMILES string of the molecule is O=C(CC1CSCCN1)Nc1ccc(C(=O)NCCN2CCCC2)cc1. The lowest BCUT2D eigenvalue weighted by molar-refractivity contribution is -0.116. The first-order chi connectivity index (χ1) is 12.7. The van der Waals surface area contributed by atoms with Crippen molar-refractivity contribution >= 4 is 29.3 Å². The van der Waals surface area contributed by atoms with E-state index in [4.69, 9.17) is 0 Å². The van der Waals surface area contributed by atoms with Crippen LogP contribution in [0.25, 0.3) is 0 Å². The molecule has 2 fully saturated rings. The Morgan fingerprint density at radius 2 is 1.96 bits per heavy atom. The summed E-state index contributed by atoms with van der Waals surface area (Å²) in [4.78, 5) is 26.7. The molecule has 0 bridgehead atoms. The van der Waals surface area contributed by atoms with Gasteiger partial charge in [0.25, 0.3) is 5.91 Å². The molecule has 142 valence electrons. The van der Waals surface area contributed by atoms with Crippen LogP contribution in [0.3, 0.4) is 0 Å². The number of likely N-dealkylation sites (tertiary alicyclic amines) is 1. The summed E-state index contributed by atoms with van der Waals surface area (Å²) in [6, 6.07) is 7.34. The molecule has 7 heteroatoms. The van der Waals surface area contributed by atoms with Gasteiger partial charge in [-0.2, -0.15) is 11.8 Å². The highest BCUT2D eigenvalue weighted by molar-refractivity contribution is 7.99. The van der Waals surface area contributed by atoms with E-state index in [-0.39, 0.29) is 17.9 Å². The molecule has 3 N–H and O–H groups in total. The quantitative estimate of drug-likeness (QED) is 0.673. The molecular weight excluding hydrogens is 348 g/mol. The number of thioether (sulfide) groups is 1. The van der Waals surface area contributed by atoms with Gasteiger partial charge in [0.15, 0.2) is 0 Å². The van der Waals surface area contributed by atoms with Crippen LogP contribution in [0.5, 0.6) is 0 Å². The van der Waals surface area contributed by atoms with Crippen LogP contribution in [0.15, 0.2) is 24.3 Å². The number of carbonyl (C=O) groups excluding carboxylic acids is 2. The zero-order valence-electron chi connectivity index (χ0n) is 15.1. The summed E-state index contributed by atoms with van der Waals surface area (Å²) in [5, 5.41) is 9.23. The van der Waals surface area contributed by atoms with Crippen LogP contribution >= 0.6 is 11.8 Å². The zero-order chi connectivity index (χ0) is 18.2. The standard InChI is InChI=1S/C19H28N4O2S/c24-18(13-17-14-26-12-8-20-17)22-16-5-3-15(4-6-16)19(25)21-7-11-23-9-1-2-10-23/h3-6,17,20H,1-2,7-14H2,(H,21,25)(H,22,24). The summed E-state index contributed by atoms with van der Waals surface area (Å²) in [5.41, 5.74) is 1.35. The highest BCUT2D eigenvalue weighted by atomic mass is 32.2. The second-order valence-electron chi connectivity index (χ2n) is 6.86. The Labute approximate surface area is 159 Å². The van der Waals surface area contributed by atoms with E-state index in [9.17, 15) is 9.59 Å². The van der Waals surface area contributed by atoms with Gasteiger partial charge in [0.05, 0.1) is 0 Å². The van der Waals surface area contributed by atoms with Gasteiger partial charge in [0.2, 0.25) is 5.91 Å². The van der Waals surface area contributed by atoms with E-state index < -0.39 is 0 Å². The predicted octanol–water partition coefficient (Wildman–Crippen LogP) is 1.55. The summed E-state index contributed by atoms with van der Waals surface area (Å²) < 4.78 is 0. The predicted molar refractivity (Wildman–Crippen MR) is 107 cm³/mol. The molecule has 6 nitrogen and oxygen atoms in total. The third-order valence-electron chi connectivity index (χ3n) is 4.77. The molecule has 26 heavy (non-hydrogen) atoms. The maximum atomic E-state index is 12.2. The molecule has 0 aliphatic carbocycles. The Bertz CT molecular complexity index is 596. The molecule has 2 aliphatic heterocycles. The molecule has 1 atom stereocenters. The monoisotopic (exact) mass is 376 g/mol. The fraction of sp³-hybridized carbons (Fsp3) is 0.579. The lowest BCUT2D eigenvalue weighted by Gasteiger charge is -2.22. The molecule has 0 spiro atoms. The minimum atomic E-state index is -0.0643. The number of hydrogen-bond acceptors (Lipinski definition) is 5. The van der Waals surface area contributed by atoms with Crippen LogP contribution in [-0.4, -0.2) is 67.0 Å². The molecule has 2 saturated heterocycles. The van der Waals surface area contributed by atoms with E-state index >= 15 is 0 Å². The largest absolute Gasteiger partial charge is 0.351 e. The molecule has 2 amide bonds. The second kappa shape index (κ2) is 9.94. The number of amides is 2. The van der Waals surface area contributed by atoms with E-state index in [0.717, 1.165) is 43.4 Å². The van der Waals surface area contributed by atoms with Crippen molar-refractivity contribution in [3.8, 4) is 0 Å². The minimum absolute atomic E-state index is 0.00724. The van der Waals surface area contributed by atoms with E-state index in [1.165, 1.54) is 12.8 Å². The van der Waals surface area contributed by atoms with Gasteiger partial charge >= 0.3 is 0 Å². The van der Waals surface area contributed by atoms with Gasteiger partial charge in [-0.25, -0.2) is 0 Å². The summed E-state index contributed by atoms with van der Waals surface area (Å²) in [6.07, 6.45) is 3.00. The first-order valence-corrected chi connectivity index (χ1v) is 10.6. The number of carbonyl (C=O) groups is 2. The second-order valence-corrected chi connectivity index (χ2v) is 8.01. The normalized spacial score (nSPS) is 20.7. The van der Waals surface area contributed by atoms with Crippen molar-refractivity contribution in [2.45, 2.75) is 25.3 Å². The Balaban J connectivity index is 1.40. The van der Waals surface area contributed by atoms with Gasteiger partial charge in [-0.05, 0) is 50.2 Å². The van der Waals surface area contributed by atoms with Crippen molar-refractivity contribution in [3.63, 3.8) is 0 Å². The summed E-state index contributed by atoms with van der Waals surface area (Å²) in [5.74, 6) is 2.03. The van der Waals surface area contributed by atoms with Gasteiger partial charge in [-0.1, -0.05) is 0 Å². The number of nitrogens with zero attached hydrogens (tertiary/aromatic N) is 1. The Morgan fingerprint density at radius 1 is 1.19 bits per heavy atom. The Hall–Kier alpha value is -1.57. The van der Waals surface area contributed by atoms with Crippen molar-refractivity contribution in [1.82, 2.24) is 15.5 Å². The number of hydrogen-bond donors (Lipinski definition) is 3. The van der Waals surface area contributed by atoms with Crippen LogP contribution in [-0.2, 0) is 4.79 Å². The van der Waals surface area contributed by atoms with Crippen LogP contribution in [0, 0.1) is 0 Å². The summed E-state index contributed by atoms with van der Waals surface area (Å²) in [6.45, 7) is 4.82. The molecule has 3 rings (SSSR count). The molecule has 0 radical (unpaired) electrons. The van der Waals surface area contributed by atoms with Crippen molar-refractivity contribution < 1.29 is 9.59 Å². The molecule has 0 aromatic heterocycles. The van der Waals surface area contributed by atoms with Crippen LogP contribution in [0.4, 0.5) is 5.69 Å². The van der Waals surface area contributed by atoms with Crippen molar-refractivity contribution in [1.29, 1.82) is 0 Å². The molecule has 2 aliphatic rings. The van der Waals surface area contributed by atoms with Gasteiger partial charge in [-0.3, -0.25) is 9.59 Å². The maximum absolute atomic E-state index is 12.2. The van der Waals surface area contributed by atoms with Gasteiger partial charge in [0, 0.05) is 54.9 Å². The van der Waals surface area contributed by atoms with Crippen molar-refractivity contribution in [2.24, 2.45) is 0 Å². The van der Waals surface area contributed by atoms with E-state index in [1.807, 2.05) is 11.8 Å². The fourth-order valence-electron chi connectivity index (χ4n) is 3.33. The van der Waals surface area contributed by atoms with Crippen LogP contribution < -0.4 is 16.0 Å². The summed E-state index contributed by atoms with van der Waals surface area (Å²) in [7, 11) is 0. The van der Waals surface area contributed by atoms with Gasteiger partial charge in [-0.15, -0.1) is 0 Å². The first kappa shape index (κ1) is 19.2. The molecule has 1 aromatic rings. The topological polar surface area (TPSA) is 73.5 Å². The highest BCUT2D eigenvalue weighted by Crippen LogP contribution is 2.13. The molecule has 1 unspecified atom stereocenters. The van der Waals surface area contributed by atoms with E-state index in [1.54, 1.807) is 24.3 Å². The lowest BCUT2D eigenvalue weighted by atomic mass is 10.1. The molecule has 2 heterocycles. The highest BCUT2D eigenvalue weighted by Gasteiger charge is 2.17. The fourth-order valence-corrected chi connectivity index (χ4v) is 4.28. The maximum Gasteiger partial charge on any atom is 0.251 e. The number of nitrogens with one attached hydrogen (secondary N) is 3. The van der Waals surface area contributed by atoms with Crippen LogP contribution in [0.1, 0.15) is 29.6 Å². The Morgan fingerprint density at radius 3 is 2.65 bits per heavy atom. The lowest BCUT2D eigenvalue weighted by Crippen LogP contribution is -2.39. The van der Waals surface area contributed by atoms with Gasteiger partial charge in [0.1, 0.15) is 0 Å².